The largest absolute Gasteiger partial charge is 0.366 e. The first kappa shape index (κ1) is 21.8. The number of hydrogen-bond acceptors (Lipinski definition) is 8. The van der Waals surface area contributed by atoms with E-state index < -0.39 is 13.5 Å². The second kappa shape index (κ2) is 11.4. The maximum absolute atomic E-state index is 12.3. The number of amides is 2. The normalized spacial score (nSPS) is 20.8. The number of ether oxygens (including phenoxy) is 2. The molecule has 1 N–H and O–H groups in total. The van der Waals surface area contributed by atoms with Crippen LogP contribution in [0.15, 0.2) is 12.3 Å². The average Bonchev–Trinajstić information content (AvgIpc) is 3.02. The number of rotatable bonds is 12. The fraction of sp³-hybridized carbons (Fsp3) is 0.733. The van der Waals surface area contributed by atoms with Gasteiger partial charge in [-0.15, -0.1) is 0 Å². The third-order valence-corrected chi connectivity index (χ3v) is 5.21. The van der Waals surface area contributed by atoms with Gasteiger partial charge in [-0.05, 0) is 26.7 Å². The number of carbonyl (C=O) groups excluding carboxylic acids is 2. The van der Waals surface area contributed by atoms with Crippen LogP contribution in [0, 0.1) is 0 Å². The molecule has 10 heteroatoms. The van der Waals surface area contributed by atoms with Crippen molar-refractivity contribution in [2.24, 2.45) is 0 Å². The molecule has 0 saturated carbocycles. The Kier molecular flexibility index (Phi) is 9.92. The van der Waals surface area contributed by atoms with E-state index in [9.17, 15) is 14.2 Å². The van der Waals surface area contributed by atoms with Gasteiger partial charge >= 0.3 is 7.60 Å². The molecule has 1 heterocycles. The van der Waals surface area contributed by atoms with Gasteiger partial charge in [0.25, 0.3) is 5.91 Å². The third kappa shape index (κ3) is 8.11. The first-order valence-electron chi connectivity index (χ1n) is 8.19. The van der Waals surface area contributed by atoms with Gasteiger partial charge in [-0.3, -0.25) is 19.5 Å². The smallest absolute Gasteiger partial charge is 0.356 e. The van der Waals surface area contributed by atoms with Crippen LogP contribution in [-0.4, -0.2) is 62.8 Å². The topological polar surface area (TPSA) is 103 Å². The molecule has 2 unspecified atom stereocenters. The minimum absolute atomic E-state index is 0.110. The van der Waals surface area contributed by atoms with Crippen molar-refractivity contribution in [2.45, 2.75) is 39.0 Å². The molecule has 0 aromatic heterocycles. The Labute approximate surface area is 148 Å². The summed E-state index contributed by atoms with van der Waals surface area (Å²) in [6.07, 6.45) is 4.22. The fourth-order valence-electron chi connectivity index (χ4n) is 2.30. The fourth-order valence-corrected chi connectivity index (χ4v) is 3.64. The minimum Gasteiger partial charge on any atom is -0.366 e. The van der Waals surface area contributed by atoms with Crippen LogP contribution in [0.2, 0.25) is 0 Å². The monoisotopic (exact) mass is 378 g/mol. The first-order chi connectivity index (χ1) is 11.9. The first-order valence-corrected chi connectivity index (χ1v) is 9.92. The lowest BCUT2D eigenvalue weighted by Crippen LogP contribution is -2.29. The Morgan fingerprint density at radius 3 is 2.60 bits per heavy atom. The van der Waals surface area contributed by atoms with Crippen molar-refractivity contribution in [1.29, 1.82) is 0 Å². The molecule has 2 amide bonds. The molecule has 1 aliphatic heterocycles. The van der Waals surface area contributed by atoms with Crippen LogP contribution >= 0.6 is 7.60 Å². The highest BCUT2D eigenvalue weighted by Gasteiger charge is 2.29. The van der Waals surface area contributed by atoms with Crippen molar-refractivity contribution in [1.82, 2.24) is 10.2 Å². The van der Waals surface area contributed by atoms with E-state index in [0.717, 1.165) is 12.8 Å². The predicted octanol–water partition coefficient (Wildman–Crippen LogP) is 1.45. The molecule has 0 bridgehead atoms. The number of nitrogens with one attached hydrogen (secondary N) is 1. The molecule has 0 radical (unpaired) electrons. The summed E-state index contributed by atoms with van der Waals surface area (Å²) in [5, 5.41) is 2.02. The zero-order chi connectivity index (χ0) is 18.7. The lowest BCUT2D eigenvalue weighted by atomic mass is 10.2. The van der Waals surface area contributed by atoms with Gasteiger partial charge in [0.2, 0.25) is 6.41 Å². The molecule has 0 spiro atoms. The summed E-state index contributed by atoms with van der Waals surface area (Å²) in [5.41, 5.74) is 0. The van der Waals surface area contributed by atoms with Crippen molar-refractivity contribution in [3.05, 3.63) is 12.3 Å². The number of nitrogens with zero attached hydrogens (tertiary/aromatic N) is 1. The van der Waals surface area contributed by atoms with Gasteiger partial charge in [0.15, 0.2) is 0 Å². The van der Waals surface area contributed by atoms with Crippen molar-refractivity contribution in [3.8, 4) is 0 Å². The second-order valence-corrected chi connectivity index (χ2v) is 7.34. The van der Waals surface area contributed by atoms with Crippen LogP contribution in [-0.2, 0) is 32.7 Å². The Balaban J connectivity index is 2.36. The highest BCUT2D eigenvalue weighted by molar-refractivity contribution is 7.53. The Morgan fingerprint density at radius 1 is 1.32 bits per heavy atom. The summed E-state index contributed by atoms with van der Waals surface area (Å²) in [7, 11) is -1.44. The number of hydrogen-bond donors (Lipinski definition) is 1. The third-order valence-electron chi connectivity index (χ3n) is 3.41. The summed E-state index contributed by atoms with van der Waals surface area (Å²) < 4.78 is 33.9. The van der Waals surface area contributed by atoms with Gasteiger partial charge in [0.1, 0.15) is 12.6 Å². The van der Waals surface area contributed by atoms with E-state index in [1.165, 1.54) is 6.08 Å². The van der Waals surface area contributed by atoms with Crippen LogP contribution in [0.4, 0.5) is 0 Å². The van der Waals surface area contributed by atoms with Gasteiger partial charge in [-0.25, -0.2) is 0 Å². The SMILES string of the molecule is CCOP(=O)(COCC1CCC(N(C)/C=C\C(=O)NC=O)O1)OCC. The quantitative estimate of drug-likeness (QED) is 0.309. The molecular weight excluding hydrogens is 351 g/mol. The molecular formula is C15H27N2O7P. The highest BCUT2D eigenvalue weighted by atomic mass is 31.2. The highest BCUT2D eigenvalue weighted by Crippen LogP contribution is 2.47. The van der Waals surface area contributed by atoms with E-state index in [2.05, 4.69) is 0 Å². The molecule has 25 heavy (non-hydrogen) atoms. The average molecular weight is 378 g/mol. The van der Waals surface area contributed by atoms with E-state index in [4.69, 9.17) is 18.5 Å². The van der Waals surface area contributed by atoms with E-state index >= 15 is 0 Å². The number of carbonyl (C=O) groups is 2. The molecule has 144 valence electrons. The summed E-state index contributed by atoms with van der Waals surface area (Å²) in [6, 6.07) is 0. The zero-order valence-electron chi connectivity index (χ0n) is 14.9. The molecule has 1 rings (SSSR count). The summed E-state index contributed by atoms with van der Waals surface area (Å²) >= 11 is 0. The van der Waals surface area contributed by atoms with E-state index in [-0.39, 0.29) is 38.5 Å². The van der Waals surface area contributed by atoms with E-state index in [1.807, 2.05) is 5.32 Å². The summed E-state index contributed by atoms with van der Waals surface area (Å²) in [5.74, 6) is -0.498. The lowest BCUT2D eigenvalue weighted by Gasteiger charge is -2.23. The molecule has 9 nitrogen and oxygen atoms in total. The standard InChI is InChI=1S/C15H27N2O7P/c1-4-22-25(20,23-5-2)12-21-10-13-6-7-15(24-13)17(3)9-8-14(19)16-11-18/h8-9,11,13,15H,4-7,10,12H2,1-3H3,(H,16,18,19)/b9-8-. The Bertz CT molecular complexity index is 490. The van der Waals surface area contributed by atoms with Gasteiger partial charge in [0, 0.05) is 19.3 Å². The van der Waals surface area contributed by atoms with Crippen molar-refractivity contribution in [3.63, 3.8) is 0 Å². The maximum Gasteiger partial charge on any atom is 0.356 e. The van der Waals surface area contributed by atoms with Gasteiger partial charge in [-0.1, -0.05) is 0 Å². The summed E-state index contributed by atoms with van der Waals surface area (Å²) in [6.45, 7) is 4.35. The van der Waals surface area contributed by atoms with Crippen molar-refractivity contribution >= 4 is 19.9 Å². The van der Waals surface area contributed by atoms with Crippen molar-refractivity contribution in [2.75, 3.05) is 33.2 Å². The summed E-state index contributed by atoms with van der Waals surface area (Å²) in [4.78, 5) is 23.1. The van der Waals surface area contributed by atoms with E-state index in [0.29, 0.717) is 6.41 Å². The van der Waals surface area contributed by atoms with Gasteiger partial charge in [-0.2, -0.15) is 0 Å². The molecule has 2 atom stereocenters. The zero-order valence-corrected chi connectivity index (χ0v) is 15.8. The van der Waals surface area contributed by atoms with Gasteiger partial charge < -0.3 is 23.4 Å². The van der Waals surface area contributed by atoms with E-state index in [1.54, 1.807) is 32.0 Å². The lowest BCUT2D eigenvalue weighted by molar-refractivity contribution is -0.121. The molecule has 1 saturated heterocycles. The molecule has 0 aromatic carbocycles. The van der Waals surface area contributed by atoms with Crippen LogP contribution in [0.5, 0.6) is 0 Å². The Hall–Kier alpha value is -1.25. The second-order valence-electron chi connectivity index (χ2n) is 5.34. The molecule has 1 fully saturated rings. The van der Waals surface area contributed by atoms with Crippen LogP contribution in [0.3, 0.4) is 0 Å². The molecule has 0 aromatic rings. The van der Waals surface area contributed by atoms with Crippen LogP contribution < -0.4 is 5.32 Å². The number of imide groups is 1. The molecule has 1 aliphatic rings. The maximum atomic E-state index is 12.3. The molecule has 0 aliphatic carbocycles. The predicted molar refractivity (Wildman–Crippen MR) is 90.7 cm³/mol. The Morgan fingerprint density at radius 2 is 2.00 bits per heavy atom. The van der Waals surface area contributed by atoms with Crippen LogP contribution in [0.25, 0.3) is 0 Å². The van der Waals surface area contributed by atoms with Crippen molar-refractivity contribution < 1.29 is 32.7 Å². The van der Waals surface area contributed by atoms with Crippen LogP contribution in [0.1, 0.15) is 26.7 Å². The van der Waals surface area contributed by atoms with Gasteiger partial charge in [0.05, 0.1) is 25.9 Å². The minimum atomic E-state index is -3.21.